The fourth-order valence-electron chi connectivity index (χ4n) is 1.67. The first-order valence-electron chi connectivity index (χ1n) is 6.25. The molecule has 0 radical (unpaired) electrons. The molecule has 1 amide bonds. The van der Waals surface area contributed by atoms with Crippen LogP contribution in [0.5, 0.6) is 0 Å². The van der Waals surface area contributed by atoms with E-state index in [0.717, 1.165) is 18.2 Å². The largest absolute Gasteiger partial charge is 0.347 e. The Morgan fingerprint density at radius 3 is 2.29 bits per heavy atom. The molecule has 0 fully saturated rings. The molecule has 0 bridgehead atoms. The predicted molar refractivity (Wildman–Crippen MR) is 74.0 cm³/mol. The van der Waals surface area contributed by atoms with Gasteiger partial charge < -0.3 is 4.90 Å². The first-order valence-corrected chi connectivity index (χ1v) is 7.73. The number of halogens is 2. The lowest BCUT2D eigenvalue weighted by molar-refractivity contribution is -0.131. The van der Waals surface area contributed by atoms with Crippen molar-refractivity contribution in [3.63, 3.8) is 0 Å². The molecule has 0 saturated carbocycles. The number of carbonyl (C=O) groups is 1. The minimum absolute atomic E-state index is 0.355. The molecule has 1 aromatic rings. The molecule has 0 aliphatic rings. The molecular weight excluding hydrogens is 302 g/mol. The lowest BCUT2D eigenvalue weighted by Gasteiger charge is -2.24. The zero-order valence-electron chi connectivity index (χ0n) is 12.2. The van der Waals surface area contributed by atoms with Gasteiger partial charge in [-0.2, -0.15) is 4.72 Å². The number of hydrogen-bond donors (Lipinski definition) is 1. The second-order valence-corrected chi connectivity index (χ2v) is 6.81. The van der Waals surface area contributed by atoms with Crippen LogP contribution in [0.4, 0.5) is 8.78 Å². The molecule has 8 heteroatoms. The number of amides is 1. The molecule has 1 rings (SSSR count). The fraction of sp³-hybridized carbons (Fsp3) is 0.462. The topological polar surface area (TPSA) is 66.5 Å². The first-order chi connectivity index (χ1) is 9.58. The molecule has 0 spiro atoms. The number of rotatable bonds is 5. The van der Waals surface area contributed by atoms with Crippen LogP contribution in [-0.4, -0.2) is 39.4 Å². The van der Waals surface area contributed by atoms with Crippen molar-refractivity contribution in [1.82, 2.24) is 9.62 Å². The van der Waals surface area contributed by atoms with Crippen molar-refractivity contribution < 1.29 is 22.0 Å². The van der Waals surface area contributed by atoms with E-state index < -0.39 is 38.5 Å². The number of benzene rings is 1. The van der Waals surface area contributed by atoms with E-state index in [0.29, 0.717) is 0 Å². The Kier molecular flexibility index (Phi) is 5.41. The number of hydrogen-bond acceptors (Lipinski definition) is 3. The van der Waals surface area contributed by atoms with Crippen LogP contribution in [-0.2, 0) is 14.8 Å². The molecule has 5 nitrogen and oxygen atoms in total. The number of nitrogens with zero attached hydrogens (tertiary/aromatic N) is 1. The highest BCUT2D eigenvalue weighted by Gasteiger charge is 2.31. The molecule has 0 aliphatic carbocycles. The molecule has 0 unspecified atom stereocenters. The lowest BCUT2D eigenvalue weighted by Crippen LogP contribution is -2.49. The third-order valence-corrected chi connectivity index (χ3v) is 4.32. The number of nitrogens with one attached hydrogen (secondary N) is 1. The SMILES string of the molecule is CC(C)[C@H](NS(=O)(=O)c1cccc(F)c1F)C(=O)N(C)C. The summed E-state index contributed by atoms with van der Waals surface area (Å²) in [6.07, 6.45) is 0. The second-order valence-electron chi connectivity index (χ2n) is 5.13. The van der Waals surface area contributed by atoms with Crippen molar-refractivity contribution in [2.45, 2.75) is 24.8 Å². The maximum absolute atomic E-state index is 13.6. The summed E-state index contributed by atoms with van der Waals surface area (Å²) in [6.45, 7) is 3.30. The minimum Gasteiger partial charge on any atom is -0.347 e. The number of carbonyl (C=O) groups excluding carboxylic acids is 1. The Hall–Kier alpha value is -1.54. The van der Waals surface area contributed by atoms with Crippen LogP contribution in [0, 0.1) is 17.6 Å². The predicted octanol–water partition coefficient (Wildman–Crippen LogP) is 1.36. The van der Waals surface area contributed by atoms with Crippen molar-refractivity contribution in [2.75, 3.05) is 14.1 Å². The summed E-state index contributed by atoms with van der Waals surface area (Å²) in [5.41, 5.74) is 0. The zero-order chi connectivity index (χ0) is 16.4. The van der Waals surface area contributed by atoms with Crippen LogP contribution < -0.4 is 4.72 Å². The zero-order valence-corrected chi connectivity index (χ0v) is 13.0. The highest BCUT2D eigenvalue weighted by Crippen LogP contribution is 2.18. The van der Waals surface area contributed by atoms with E-state index >= 15 is 0 Å². The van der Waals surface area contributed by atoms with Crippen molar-refractivity contribution in [3.05, 3.63) is 29.8 Å². The van der Waals surface area contributed by atoms with E-state index in [9.17, 15) is 22.0 Å². The molecule has 0 aromatic heterocycles. The van der Waals surface area contributed by atoms with Crippen molar-refractivity contribution in [3.8, 4) is 0 Å². The van der Waals surface area contributed by atoms with Crippen LogP contribution in [0.3, 0.4) is 0 Å². The maximum Gasteiger partial charge on any atom is 0.244 e. The summed E-state index contributed by atoms with van der Waals surface area (Å²) >= 11 is 0. The summed E-state index contributed by atoms with van der Waals surface area (Å²) in [7, 11) is -1.39. The number of sulfonamides is 1. The number of likely N-dealkylation sites (N-methyl/N-ethyl adjacent to an activating group) is 1. The van der Waals surface area contributed by atoms with E-state index in [1.165, 1.54) is 19.0 Å². The van der Waals surface area contributed by atoms with E-state index in [2.05, 4.69) is 4.72 Å². The average Bonchev–Trinajstić information content (AvgIpc) is 2.37. The first kappa shape index (κ1) is 17.5. The highest BCUT2D eigenvalue weighted by atomic mass is 32.2. The van der Waals surface area contributed by atoms with Gasteiger partial charge in [0.15, 0.2) is 11.6 Å². The summed E-state index contributed by atoms with van der Waals surface area (Å²) < 4.78 is 53.2. The Labute approximate surface area is 123 Å². The molecule has 1 atom stereocenters. The van der Waals surface area contributed by atoms with Crippen LogP contribution in [0.1, 0.15) is 13.8 Å². The third-order valence-electron chi connectivity index (χ3n) is 2.86. The van der Waals surface area contributed by atoms with Gasteiger partial charge in [0.25, 0.3) is 0 Å². The monoisotopic (exact) mass is 320 g/mol. The molecule has 0 aliphatic heterocycles. The van der Waals surface area contributed by atoms with Crippen LogP contribution in [0.15, 0.2) is 23.1 Å². The van der Waals surface area contributed by atoms with Crippen LogP contribution in [0.2, 0.25) is 0 Å². The quantitative estimate of drug-likeness (QED) is 0.891. The Morgan fingerprint density at radius 1 is 1.24 bits per heavy atom. The van der Waals surface area contributed by atoms with Gasteiger partial charge in [-0.1, -0.05) is 19.9 Å². The van der Waals surface area contributed by atoms with E-state index in [4.69, 9.17) is 0 Å². The van der Waals surface area contributed by atoms with Gasteiger partial charge in [0.05, 0.1) is 0 Å². The Morgan fingerprint density at radius 2 is 1.81 bits per heavy atom. The summed E-state index contributed by atoms with van der Waals surface area (Å²) in [4.78, 5) is 12.4. The van der Waals surface area contributed by atoms with E-state index in [-0.39, 0.29) is 5.92 Å². The van der Waals surface area contributed by atoms with Crippen LogP contribution in [0.25, 0.3) is 0 Å². The Balaban J connectivity index is 3.19. The third kappa shape index (κ3) is 3.98. The van der Waals surface area contributed by atoms with Gasteiger partial charge in [-0.3, -0.25) is 4.79 Å². The molecule has 0 saturated heterocycles. The van der Waals surface area contributed by atoms with E-state index in [1.807, 2.05) is 0 Å². The van der Waals surface area contributed by atoms with Gasteiger partial charge in [0.1, 0.15) is 10.9 Å². The van der Waals surface area contributed by atoms with Gasteiger partial charge in [-0.25, -0.2) is 17.2 Å². The lowest BCUT2D eigenvalue weighted by atomic mass is 10.0. The molecule has 1 aromatic carbocycles. The molecule has 21 heavy (non-hydrogen) atoms. The van der Waals surface area contributed by atoms with Crippen LogP contribution >= 0.6 is 0 Å². The smallest absolute Gasteiger partial charge is 0.244 e. The average molecular weight is 320 g/mol. The van der Waals surface area contributed by atoms with Gasteiger partial charge in [-0.15, -0.1) is 0 Å². The summed E-state index contributed by atoms with van der Waals surface area (Å²) in [6, 6.07) is 1.79. The maximum atomic E-state index is 13.6. The van der Waals surface area contributed by atoms with Crippen molar-refractivity contribution in [1.29, 1.82) is 0 Å². The van der Waals surface area contributed by atoms with E-state index in [1.54, 1.807) is 13.8 Å². The van der Waals surface area contributed by atoms with Gasteiger partial charge >= 0.3 is 0 Å². The minimum atomic E-state index is -4.35. The standard InChI is InChI=1S/C13H18F2N2O3S/c1-8(2)12(13(18)17(3)4)16-21(19,20)10-7-5-6-9(14)11(10)15/h5-8,12,16H,1-4H3/t12-/m0/s1. The Bertz CT molecular complexity index is 630. The summed E-state index contributed by atoms with van der Waals surface area (Å²) in [5, 5.41) is 0. The summed E-state index contributed by atoms with van der Waals surface area (Å²) in [5.74, 6) is -3.56. The molecule has 1 N–H and O–H groups in total. The fourth-order valence-corrected chi connectivity index (χ4v) is 3.10. The second kappa shape index (κ2) is 6.48. The highest BCUT2D eigenvalue weighted by molar-refractivity contribution is 7.89. The molecular formula is C13H18F2N2O3S. The normalized spacial score (nSPS) is 13.3. The van der Waals surface area contributed by atoms with Crippen molar-refractivity contribution >= 4 is 15.9 Å². The van der Waals surface area contributed by atoms with Gasteiger partial charge in [0.2, 0.25) is 15.9 Å². The van der Waals surface area contributed by atoms with Gasteiger partial charge in [0, 0.05) is 14.1 Å². The van der Waals surface area contributed by atoms with Gasteiger partial charge in [-0.05, 0) is 18.1 Å². The molecule has 118 valence electrons. The molecule has 0 heterocycles. The van der Waals surface area contributed by atoms with Crippen molar-refractivity contribution in [2.24, 2.45) is 5.92 Å².